The largest absolute Gasteiger partial charge is 0.456 e. The van der Waals surface area contributed by atoms with E-state index in [9.17, 15) is 0 Å². The van der Waals surface area contributed by atoms with E-state index in [2.05, 4.69) is 178 Å². The lowest BCUT2D eigenvalue weighted by Gasteiger charge is -2.34. The van der Waals surface area contributed by atoms with E-state index < -0.39 is 0 Å². The molecule has 0 saturated heterocycles. The number of benzene rings is 8. The molecule has 0 radical (unpaired) electrons. The van der Waals surface area contributed by atoms with Crippen molar-refractivity contribution < 1.29 is 8.83 Å². The van der Waals surface area contributed by atoms with Gasteiger partial charge in [0, 0.05) is 79.5 Å². The Morgan fingerprint density at radius 3 is 1.55 bits per heavy atom. The molecule has 0 fully saturated rings. The lowest BCUT2D eigenvalue weighted by molar-refractivity contribution is 0.669. The summed E-state index contributed by atoms with van der Waals surface area (Å²) < 4.78 is 15.3. The van der Waals surface area contributed by atoms with Crippen molar-refractivity contribution in [1.82, 2.24) is 4.57 Å². The van der Waals surface area contributed by atoms with Gasteiger partial charge in [-0.25, -0.2) is 0 Å². The quantitative estimate of drug-likeness (QED) is 0.177. The molecule has 5 nitrogen and oxygen atoms in total. The normalized spacial score (nSPS) is 12.5. The minimum atomic E-state index is 0.779. The molecule has 0 atom stereocenters. The molecule has 11 aromatic rings. The number of hydrogen-bond donors (Lipinski definition) is 0. The molecule has 4 heterocycles. The van der Waals surface area contributed by atoms with Gasteiger partial charge in [-0.1, -0.05) is 91.0 Å². The maximum absolute atomic E-state index is 6.44. The van der Waals surface area contributed by atoms with Crippen LogP contribution in [-0.2, 0) is 6.42 Å². The highest BCUT2D eigenvalue weighted by molar-refractivity contribution is 6.08. The van der Waals surface area contributed by atoms with E-state index >= 15 is 0 Å². The van der Waals surface area contributed by atoms with Crippen molar-refractivity contribution in [3.63, 3.8) is 0 Å². The van der Waals surface area contributed by atoms with Crippen molar-refractivity contribution in [2.24, 2.45) is 0 Å². The Morgan fingerprint density at radius 1 is 0.411 bits per heavy atom. The fourth-order valence-electron chi connectivity index (χ4n) is 8.91. The van der Waals surface area contributed by atoms with Crippen LogP contribution in [-0.4, -0.2) is 4.57 Å². The average Bonchev–Trinajstić information content (AvgIpc) is 3.92. The first kappa shape index (κ1) is 30.9. The summed E-state index contributed by atoms with van der Waals surface area (Å²) in [5.41, 5.74) is 13.7. The number of aromatic nitrogens is 1. The van der Waals surface area contributed by atoms with Gasteiger partial charge >= 0.3 is 0 Å². The Labute approximate surface area is 322 Å². The van der Waals surface area contributed by atoms with Gasteiger partial charge in [0.2, 0.25) is 0 Å². The summed E-state index contributed by atoms with van der Waals surface area (Å²) in [4.78, 5) is 4.77. The molecule has 0 N–H and O–H groups in total. The van der Waals surface area contributed by atoms with Gasteiger partial charge in [-0.3, -0.25) is 9.47 Å². The summed E-state index contributed by atoms with van der Waals surface area (Å²) in [6, 6.07) is 66.8. The molecule has 0 amide bonds. The standard InChI is InChI=1S/C51H33N3O2/c1-3-13-34(14-4-1)53-45-28-25-36(29-33(45)30-44-39-17-7-10-20-46(39)54(51(44)53)35-15-5-2-6-16-35)52(37-23-26-42-40-18-8-11-21-47(40)55-49(42)31-37)38-24-27-43-41-19-9-12-22-48(41)56-50(43)32-38/h1-29,31-32H,30H2. The zero-order valence-corrected chi connectivity index (χ0v) is 30.3. The second-order valence-corrected chi connectivity index (χ2v) is 14.5. The van der Waals surface area contributed by atoms with Gasteiger partial charge < -0.3 is 13.7 Å². The molecule has 0 unspecified atom stereocenters. The summed E-state index contributed by atoms with van der Waals surface area (Å²) in [6.07, 6.45) is 0.779. The number of para-hydroxylation sites is 5. The third-order valence-electron chi connectivity index (χ3n) is 11.4. The van der Waals surface area contributed by atoms with E-state index in [1.54, 1.807) is 0 Å². The smallest absolute Gasteiger partial charge is 0.137 e. The van der Waals surface area contributed by atoms with E-state index in [0.717, 1.165) is 84.4 Å². The Hall–Kier alpha value is -7.50. The van der Waals surface area contributed by atoms with Gasteiger partial charge in [0.1, 0.15) is 28.1 Å². The molecule has 12 rings (SSSR count). The molecule has 0 bridgehead atoms. The highest BCUT2D eigenvalue weighted by Gasteiger charge is 2.32. The first-order chi connectivity index (χ1) is 27.8. The van der Waals surface area contributed by atoms with Gasteiger partial charge in [0.25, 0.3) is 0 Å². The summed E-state index contributed by atoms with van der Waals surface area (Å²) >= 11 is 0. The summed E-state index contributed by atoms with van der Waals surface area (Å²) in [7, 11) is 0. The van der Waals surface area contributed by atoms with Crippen LogP contribution in [0.1, 0.15) is 11.1 Å². The van der Waals surface area contributed by atoms with Crippen molar-refractivity contribution in [1.29, 1.82) is 0 Å². The van der Waals surface area contributed by atoms with Crippen molar-refractivity contribution in [2.45, 2.75) is 6.42 Å². The van der Waals surface area contributed by atoms with Crippen molar-refractivity contribution in [2.75, 3.05) is 9.80 Å². The van der Waals surface area contributed by atoms with Gasteiger partial charge in [0.15, 0.2) is 0 Å². The highest BCUT2D eigenvalue weighted by Crippen LogP contribution is 2.51. The number of hydrogen-bond acceptors (Lipinski definition) is 4. The topological polar surface area (TPSA) is 37.7 Å². The molecule has 0 spiro atoms. The van der Waals surface area contributed by atoms with E-state index in [1.165, 1.54) is 27.8 Å². The van der Waals surface area contributed by atoms with Crippen LogP contribution in [0.3, 0.4) is 0 Å². The first-order valence-electron chi connectivity index (χ1n) is 19.1. The maximum Gasteiger partial charge on any atom is 0.137 e. The van der Waals surface area contributed by atoms with Crippen molar-refractivity contribution >= 4 is 89.0 Å². The lowest BCUT2D eigenvalue weighted by atomic mass is 9.95. The van der Waals surface area contributed by atoms with Gasteiger partial charge in [-0.2, -0.15) is 0 Å². The van der Waals surface area contributed by atoms with Gasteiger partial charge in [-0.05, 0) is 90.5 Å². The fraction of sp³-hybridized carbons (Fsp3) is 0.0196. The van der Waals surface area contributed by atoms with Crippen LogP contribution in [0.2, 0.25) is 0 Å². The number of fused-ring (bicyclic) bond motifs is 10. The summed E-state index contributed by atoms with van der Waals surface area (Å²) in [5.74, 6) is 1.17. The van der Waals surface area contributed by atoms with Crippen LogP contribution in [0.5, 0.6) is 0 Å². The van der Waals surface area contributed by atoms with Crippen LogP contribution >= 0.6 is 0 Å². The first-order valence-corrected chi connectivity index (χ1v) is 19.1. The van der Waals surface area contributed by atoms with E-state index in [0.29, 0.717) is 0 Å². The van der Waals surface area contributed by atoms with E-state index in [-0.39, 0.29) is 0 Å². The fourth-order valence-corrected chi connectivity index (χ4v) is 8.91. The molecule has 3 aromatic heterocycles. The highest BCUT2D eigenvalue weighted by atomic mass is 16.3. The van der Waals surface area contributed by atoms with Crippen LogP contribution in [0.15, 0.2) is 197 Å². The Balaban J connectivity index is 1.08. The van der Waals surface area contributed by atoms with Crippen LogP contribution in [0, 0.1) is 0 Å². The van der Waals surface area contributed by atoms with E-state index in [4.69, 9.17) is 8.83 Å². The molecule has 264 valence electrons. The zero-order valence-electron chi connectivity index (χ0n) is 30.3. The van der Waals surface area contributed by atoms with E-state index in [1.807, 2.05) is 24.3 Å². The van der Waals surface area contributed by atoms with Crippen LogP contribution in [0.25, 0.3) is 60.5 Å². The third-order valence-corrected chi connectivity index (χ3v) is 11.4. The third kappa shape index (κ3) is 4.61. The number of anilines is 6. The number of furan rings is 2. The molecule has 1 aliphatic rings. The minimum absolute atomic E-state index is 0.779. The van der Waals surface area contributed by atoms with Gasteiger partial charge in [0.05, 0.1) is 11.2 Å². The SMILES string of the molecule is c1ccc(N2c3ccc(N(c4ccc5c(c4)oc4ccccc45)c4ccc5c(c4)oc4ccccc45)cc3Cc3c2n(-c2ccccc2)c2ccccc32)cc1. The van der Waals surface area contributed by atoms with Gasteiger partial charge in [-0.15, -0.1) is 0 Å². The molecule has 8 aromatic carbocycles. The Morgan fingerprint density at radius 2 is 0.911 bits per heavy atom. The molecular weight excluding hydrogens is 687 g/mol. The molecule has 0 saturated carbocycles. The predicted octanol–water partition coefficient (Wildman–Crippen LogP) is 14.3. The second-order valence-electron chi connectivity index (χ2n) is 14.5. The van der Waals surface area contributed by atoms with Crippen LogP contribution in [0.4, 0.5) is 34.3 Å². The number of rotatable bonds is 5. The average molecular weight is 720 g/mol. The Kier molecular flexibility index (Phi) is 6.63. The summed E-state index contributed by atoms with van der Waals surface area (Å²) in [5, 5.41) is 5.69. The predicted molar refractivity (Wildman–Crippen MR) is 230 cm³/mol. The molecule has 1 aliphatic heterocycles. The second kappa shape index (κ2) is 12.0. The van der Waals surface area contributed by atoms with Crippen molar-refractivity contribution in [3.05, 3.63) is 199 Å². The monoisotopic (exact) mass is 719 g/mol. The number of nitrogens with zero attached hydrogens (tertiary/aromatic N) is 3. The lowest BCUT2D eigenvalue weighted by Crippen LogP contribution is -2.21. The molecule has 0 aliphatic carbocycles. The molecule has 5 heteroatoms. The molecule has 56 heavy (non-hydrogen) atoms. The maximum atomic E-state index is 6.44. The zero-order chi connectivity index (χ0) is 36.7. The summed E-state index contributed by atoms with van der Waals surface area (Å²) in [6.45, 7) is 0. The minimum Gasteiger partial charge on any atom is -0.456 e. The van der Waals surface area contributed by atoms with Crippen molar-refractivity contribution in [3.8, 4) is 5.69 Å². The van der Waals surface area contributed by atoms with Crippen LogP contribution < -0.4 is 9.80 Å². The Bertz CT molecular complexity index is 3190. The molecular formula is C51H33N3O2.